The van der Waals surface area contributed by atoms with Crippen molar-refractivity contribution in [3.63, 3.8) is 0 Å². The highest BCUT2D eigenvalue weighted by atomic mass is 16.3. The molecule has 2 N–H and O–H groups in total. The minimum atomic E-state index is 0.0263. The van der Waals surface area contributed by atoms with Gasteiger partial charge in [0, 0.05) is 6.04 Å². The van der Waals surface area contributed by atoms with Gasteiger partial charge in [0.15, 0.2) is 11.5 Å². The molecule has 0 unspecified atom stereocenters. The Hall–Kier alpha value is -1.22. The molecule has 1 aromatic rings. The third kappa shape index (κ3) is 2.20. The molecule has 1 heterocycles. The summed E-state index contributed by atoms with van der Waals surface area (Å²) in [5.41, 5.74) is 2.50. The summed E-state index contributed by atoms with van der Waals surface area (Å²) in [6.07, 6.45) is 5.85. The van der Waals surface area contributed by atoms with E-state index >= 15 is 0 Å². The summed E-state index contributed by atoms with van der Waals surface area (Å²) < 4.78 is 0. The summed E-state index contributed by atoms with van der Waals surface area (Å²) in [5, 5.41) is 19.4. The molecule has 0 radical (unpaired) electrons. The van der Waals surface area contributed by atoms with E-state index in [1.165, 1.54) is 49.9 Å². The van der Waals surface area contributed by atoms with Crippen LogP contribution < -0.4 is 0 Å². The van der Waals surface area contributed by atoms with Crippen LogP contribution in [0.15, 0.2) is 12.1 Å². The average molecular weight is 261 g/mol. The van der Waals surface area contributed by atoms with E-state index in [1.54, 1.807) is 12.1 Å². The monoisotopic (exact) mass is 261 g/mol. The molecule has 0 spiro atoms. The predicted molar refractivity (Wildman–Crippen MR) is 75.7 cm³/mol. The van der Waals surface area contributed by atoms with Crippen LogP contribution >= 0.6 is 0 Å². The van der Waals surface area contributed by atoms with Gasteiger partial charge in [0.2, 0.25) is 0 Å². The molecule has 3 heteroatoms. The van der Waals surface area contributed by atoms with Crippen LogP contribution in [-0.4, -0.2) is 34.2 Å². The van der Waals surface area contributed by atoms with Gasteiger partial charge in [-0.3, -0.25) is 4.90 Å². The van der Waals surface area contributed by atoms with E-state index in [-0.39, 0.29) is 11.5 Å². The summed E-state index contributed by atoms with van der Waals surface area (Å²) in [5.74, 6) is 0.598. The van der Waals surface area contributed by atoms with E-state index < -0.39 is 0 Å². The standard InChI is InChI=1S/C16H23NO2/c1-2-7-17-8-3-4-12-13-10-16(19)15(18)9-11(13)5-6-14(12)17/h9-10,12,14,18-19H,2-8H2,1H3/t12-,14-/m0/s1. The van der Waals surface area contributed by atoms with Crippen LogP contribution in [0.4, 0.5) is 0 Å². The van der Waals surface area contributed by atoms with Gasteiger partial charge in [-0.2, -0.15) is 0 Å². The van der Waals surface area contributed by atoms with Gasteiger partial charge < -0.3 is 10.2 Å². The number of hydrogen-bond acceptors (Lipinski definition) is 3. The number of rotatable bonds is 2. The van der Waals surface area contributed by atoms with Gasteiger partial charge >= 0.3 is 0 Å². The van der Waals surface area contributed by atoms with Gasteiger partial charge in [0.25, 0.3) is 0 Å². The zero-order valence-electron chi connectivity index (χ0n) is 11.6. The number of phenolic OH excluding ortho intramolecular Hbond substituents is 2. The number of aromatic hydroxyl groups is 2. The molecule has 0 saturated carbocycles. The van der Waals surface area contributed by atoms with Crippen molar-refractivity contribution in [2.75, 3.05) is 13.1 Å². The number of piperidine rings is 1. The molecule has 104 valence electrons. The molecule has 0 bridgehead atoms. The topological polar surface area (TPSA) is 43.7 Å². The number of benzene rings is 1. The van der Waals surface area contributed by atoms with Crippen molar-refractivity contribution in [3.05, 3.63) is 23.3 Å². The maximum absolute atomic E-state index is 9.77. The molecule has 3 rings (SSSR count). The number of hydrogen-bond donors (Lipinski definition) is 2. The van der Waals surface area contributed by atoms with Crippen LogP contribution in [-0.2, 0) is 6.42 Å². The molecule has 0 aromatic heterocycles. The second-order valence-corrected chi connectivity index (χ2v) is 5.93. The summed E-state index contributed by atoms with van der Waals surface area (Å²) in [4.78, 5) is 2.63. The van der Waals surface area contributed by atoms with Crippen LogP contribution in [0.1, 0.15) is 49.7 Å². The van der Waals surface area contributed by atoms with Crippen molar-refractivity contribution >= 4 is 0 Å². The second kappa shape index (κ2) is 5.04. The molecule has 19 heavy (non-hydrogen) atoms. The van der Waals surface area contributed by atoms with E-state index in [2.05, 4.69) is 11.8 Å². The molecule has 1 aliphatic heterocycles. The van der Waals surface area contributed by atoms with Crippen LogP contribution in [0, 0.1) is 0 Å². The summed E-state index contributed by atoms with van der Waals surface area (Å²) in [6.45, 7) is 4.64. The van der Waals surface area contributed by atoms with E-state index in [9.17, 15) is 10.2 Å². The van der Waals surface area contributed by atoms with Crippen molar-refractivity contribution in [2.24, 2.45) is 0 Å². The van der Waals surface area contributed by atoms with Gasteiger partial charge in [0.05, 0.1) is 0 Å². The lowest BCUT2D eigenvalue weighted by molar-refractivity contribution is 0.112. The number of phenols is 2. The Balaban J connectivity index is 1.93. The summed E-state index contributed by atoms with van der Waals surface area (Å²) in [7, 11) is 0. The van der Waals surface area contributed by atoms with Crippen molar-refractivity contribution in [3.8, 4) is 11.5 Å². The molecule has 1 aromatic carbocycles. The zero-order valence-corrected chi connectivity index (χ0v) is 11.6. The van der Waals surface area contributed by atoms with Crippen LogP contribution in [0.5, 0.6) is 11.5 Å². The van der Waals surface area contributed by atoms with Crippen molar-refractivity contribution in [2.45, 2.75) is 51.0 Å². The third-order valence-electron chi connectivity index (χ3n) is 4.75. The highest BCUT2D eigenvalue weighted by Gasteiger charge is 2.36. The Morgan fingerprint density at radius 2 is 2.00 bits per heavy atom. The zero-order chi connectivity index (χ0) is 13.4. The molecule has 0 amide bonds. The summed E-state index contributed by atoms with van der Waals surface area (Å²) >= 11 is 0. The Morgan fingerprint density at radius 3 is 2.79 bits per heavy atom. The fourth-order valence-corrected chi connectivity index (χ4v) is 3.94. The molecule has 1 fully saturated rings. The SMILES string of the molecule is CCCN1CCC[C@H]2c3cc(O)c(O)cc3CC[C@@H]21. The number of nitrogens with zero attached hydrogens (tertiary/aromatic N) is 1. The number of likely N-dealkylation sites (tertiary alicyclic amines) is 1. The average Bonchev–Trinajstić information content (AvgIpc) is 2.41. The molecule has 1 aliphatic carbocycles. The Bertz CT molecular complexity index is 470. The van der Waals surface area contributed by atoms with Crippen molar-refractivity contribution in [1.82, 2.24) is 4.90 Å². The lowest BCUT2D eigenvalue weighted by Gasteiger charge is -2.45. The largest absolute Gasteiger partial charge is 0.504 e. The molecule has 3 nitrogen and oxygen atoms in total. The maximum atomic E-state index is 9.77. The summed E-state index contributed by atoms with van der Waals surface area (Å²) in [6, 6.07) is 4.20. The first-order chi connectivity index (χ1) is 9.20. The lowest BCUT2D eigenvalue weighted by Crippen LogP contribution is -2.46. The van der Waals surface area contributed by atoms with Crippen molar-refractivity contribution < 1.29 is 10.2 Å². The highest BCUT2D eigenvalue weighted by Crippen LogP contribution is 2.43. The predicted octanol–water partition coefficient (Wildman–Crippen LogP) is 3.00. The van der Waals surface area contributed by atoms with Gasteiger partial charge in [-0.15, -0.1) is 0 Å². The Morgan fingerprint density at radius 1 is 1.21 bits per heavy atom. The normalized spacial score (nSPS) is 26.8. The quantitative estimate of drug-likeness (QED) is 0.804. The fraction of sp³-hybridized carbons (Fsp3) is 0.625. The van der Waals surface area contributed by atoms with E-state index in [4.69, 9.17) is 0 Å². The van der Waals surface area contributed by atoms with Crippen LogP contribution in [0.3, 0.4) is 0 Å². The minimum Gasteiger partial charge on any atom is -0.504 e. The first-order valence-corrected chi connectivity index (χ1v) is 7.49. The second-order valence-electron chi connectivity index (χ2n) is 5.93. The smallest absolute Gasteiger partial charge is 0.157 e. The first kappa shape index (κ1) is 12.8. The Kier molecular flexibility index (Phi) is 3.40. The van der Waals surface area contributed by atoms with Gasteiger partial charge in [-0.1, -0.05) is 6.92 Å². The highest BCUT2D eigenvalue weighted by molar-refractivity contribution is 5.48. The fourth-order valence-electron chi connectivity index (χ4n) is 3.94. The number of aryl methyl sites for hydroxylation is 1. The molecule has 1 saturated heterocycles. The Labute approximate surface area is 114 Å². The molecular weight excluding hydrogens is 238 g/mol. The number of fused-ring (bicyclic) bond motifs is 3. The molecule has 2 aliphatic rings. The van der Waals surface area contributed by atoms with E-state index in [0.29, 0.717) is 12.0 Å². The van der Waals surface area contributed by atoms with Crippen LogP contribution in [0.25, 0.3) is 0 Å². The molecular formula is C16H23NO2. The lowest BCUT2D eigenvalue weighted by atomic mass is 9.74. The van der Waals surface area contributed by atoms with Gasteiger partial charge in [-0.25, -0.2) is 0 Å². The third-order valence-corrected chi connectivity index (χ3v) is 4.75. The van der Waals surface area contributed by atoms with Crippen molar-refractivity contribution in [1.29, 1.82) is 0 Å². The van der Waals surface area contributed by atoms with Gasteiger partial charge in [0.1, 0.15) is 0 Å². The van der Waals surface area contributed by atoms with Crippen LogP contribution in [0.2, 0.25) is 0 Å². The van der Waals surface area contributed by atoms with Gasteiger partial charge in [-0.05, 0) is 74.4 Å². The first-order valence-electron chi connectivity index (χ1n) is 7.49. The minimum absolute atomic E-state index is 0.0263. The maximum Gasteiger partial charge on any atom is 0.157 e. The molecule has 2 atom stereocenters. The van der Waals surface area contributed by atoms with E-state index in [0.717, 1.165) is 6.42 Å². The van der Waals surface area contributed by atoms with E-state index in [1.807, 2.05) is 0 Å².